The number of nitriles is 1. The third-order valence-corrected chi connectivity index (χ3v) is 8.98. The summed E-state index contributed by atoms with van der Waals surface area (Å²) >= 11 is 0. The lowest BCUT2D eigenvalue weighted by Crippen LogP contribution is -2.38. The summed E-state index contributed by atoms with van der Waals surface area (Å²) in [4.78, 5) is 6.70. The van der Waals surface area contributed by atoms with E-state index in [1.54, 1.807) is 18.3 Å². The third kappa shape index (κ3) is 4.91. The molecule has 1 saturated heterocycles. The molecule has 0 spiro atoms. The number of hydrogen-bond acceptors (Lipinski definition) is 6. The molecule has 5 rings (SSSR count). The Kier molecular flexibility index (Phi) is 6.37. The zero-order valence-electron chi connectivity index (χ0n) is 18.7. The summed E-state index contributed by atoms with van der Waals surface area (Å²) < 4.78 is 33.9. The second-order valence-corrected chi connectivity index (χ2v) is 11.3. The second-order valence-electron chi connectivity index (χ2n) is 9.62. The first-order valence-electron chi connectivity index (χ1n) is 11.8. The first-order valence-corrected chi connectivity index (χ1v) is 13.3. The largest absolute Gasteiger partial charge is 0.493 e. The van der Waals surface area contributed by atoms with Gasteiger partial charge >= 0.3 is 0 Å². The fourth-order valence-corrected chi connectivity index (χ4v) is 6.90. The average Bonchev–Trinajstić information content (AvgIpc) is 3.27. The zero-order valence-corrected chi connectivity index (χ0v) is 19.5. The Bertz CT molecular complexity index is 1120. The van der Waals surface area contributed by atoms with E-state index in [9.17, 15) is 13.7 Å². The summed E-state index contributed by atoms with van der Waals surface area (Å²) in [5.74, 6) is 2.51. The fourth-order valence-electron chi connectivity index (χ4n) is 5.63. The summed E-state index contributed by atoms with van der Waals surface area (Å²) in [7, 11) is -3.50. The first-order chi connectivity index (χ1) is 16.0. The first kappa shape index (κ1) is 22.3. The van der Waals surface area contributed by atoms with E-state index in [1.807, 2.05) is 18.2 Å². The zero-order chi connectivity index (χ0) is 22.8. The van der Waals surface area contributed by atoms with Gasteiger partial charge in [-0.25, -0.2) is 13.1 Å². The molecular weight excluding hydrogens is 436 g/mol. The normalized spacial score (nSPS) is 27.2. The minimum atomic E-state index is -3.50. The molecule has 1 aromatic heterocycles. The number of benzene rings is 1. The second kappa shape index (κ2) is 9.41. The number of likely N-dealkylation sites (tertiary alicyclic amines) is 1. The van der Waals surface area contributed by atoms with Crippen LogP contribution in [0.4, 0.5) is 0 Å². The molecule has 1 aromatic carbocycles. The van der Waals surface area contributed by atoms with Crippen molar-refractivity contribution in [2.45, 2.75) is 49.0 Å². The number of sulfonamides is 1. The maximum Gasteiger partial charge on any atom is 0.242 e. The van der Waals surface area contributed by atoms with Gasteiger partial charge in [-0.3, -0.25) is 4.98 Å². The highest BCUT2D eigenvalue weighted by atomic mass is 32.2. The molecule has 7 nitrogen and oxygen atoms in total. The molecule has 8 heteroatoms. The summed E-state index contributed by atoms with van der Waals surface area (Å²) in [6.45, 7) is 3.89. The maximum atomic E-state index is 12.5. The van der Waals surface area contributed by atoms with Crippen LogP contribution in [0.2, 0.25) is 0 Å². The monoisotopic (exact) mass is 466 g/mol. The van der Waals surface area contributed by atoms with Crippen LogP contribution in [0.15, 0.2) is 47.6 Å². The number of fused-ring (bicyclic) bond motifs is 3. The topological polar surface area (TPSA) is 95.3 Å². The summed E-state index contributed by atoms with van der Waals surface area (Å²) in [6, 6.07) is 11.3. The number of nitrogens with zero attached hydrogens (tertiary/aromatic N) is 3. The molecule has 2 aromatic rings. The molecule has 2 fully saturated rings. The Morgan fingerprint density at radius 3 is 2.79 bits per heavy atom. The summed E-state index contributed by atoms with van der Waals surface area (Å²) in [5, 5.41) is 9.26. The van der Waals surface area contributed by atoms with Gasteiger partial charge in [-0.1, -0.05) is 0 Å². The van der Waals surface area contributed by atoms with Gasteiger partial charge in [-0.15, -0.1) is 0 Å². The number of pyridine rings is 1. The lowest BCUT2D eigenvalue weighted by molar-refractivity contribution is 0.208. The van der Waals surface area contributed by atoms with Crippen LogP contribution >= 0.6 is 0 Å². The fraction of sp³-hybridized carbons (Fsp3) is 0.520. The van der Waals surface area contributed by atoms with Crippen molar-refractivity contribution in [3.63, 3.8) is 0 Å². The molecule has 3 heterocycles. The van der Waals surface area contributed by atoms with E-state index in [2.05, 4.69) is 20.7 Å². The summed E-state index contributed by atoms with van der Waals surface area (Å²) in [5.41, 5.74) is 1.89. The molecule has 0 unspecified atom stereocenters. The average molecular weight is 467 g/mol. The van der Waals surface area contributed by atoms with Crippen LogP contribution in [0.5, 0.6) is 5.75 Å². The quantitative estimate of drug-likeness (QED) is 0.702. The van der Waals surface area contributed by atoms with E-state index in [0.717, 1.165) is 64.1 Å². The number of ether oxygens (including phenoxy) is 1. The van der Waals surface area contributed by atoms with Crippen LogP contribution in [0.1, 0.15) is 49.1 Å². The van der Waals surface area contributed by atoms with Gasteiger partial charge < -0.3 is 9.64 Å². The molecule has 0 amide bonds. The van der Waals surface area contributed by atoms with Gasteiger partial charge in [0.2, 0.25) is 10.0 Å². The highest BCUT2D eigenvalue weighted by Crippen LogP contribution is 2.42. The lowest BCUT2D eigenvalue weighted by atomic mass is 9.84. The Morgan fingerprint density at radius 1 is 1.18 bits per heavy atom. The third-order valence-electron chi connectivity index (χ3n) is 7.47. The number of hydrogen-bond donors (Lipinski definition) is 1. The van der Waals surface area contributed by atoms with Crippen LogP contribution < -0.4 is 9.46 Å². The molecule has 0 radical (unpaired) electrons. The smallest absolute Gasteiger partial charge is 0.242 e. The van der Waals surface area contributed by atoms with Gasteiger partial charge in [0.05, 0.1) is 18.2 Å². The van der Waals surface area contributed by atoms with Crippen LogP contribution in [-0.2, 0) is 10.0 Å². The maximum absolute atomic E-state index is 12.5. The molecule has 3 aliphatic rings. The van der Waals surface area contributed by atoms with Gasteiger partial charge in [0, 0.05) is 48.9 Å². The molecule has 2 aliphatic heterocycles. The molecule has 2 atom stereocenters. The molecular formula is C25H30N4O3S. The van der Waals surface area contributed by atoms with E-state index in [4.69, 9.17) is 4.74 Å². The van der Waals surface area contributed by atoms with Crippen molar-refractivity contribution < 1.29 is 13.2 Å². The van der Waals surface area contributed by atoms with Crippen molar-refractivity contribution in [1.82, 2.24) is 14.6 Å². The molecule has 0 bridgehead atoms. The van der Waals surface area contributed by atoms with Crippen LogP contribution in [0.25, 0.3) is 0 Å². The highest BCUT2D eigenvalue weighted by Gasteiger charge is 2.39. The highest BCUT2D eigenvalue weighted by molar-refractivity contribution is 7.89. The van der Waals surface area contributed by atoms with Crippen molar-refractivity contribution in [1.29, 1.82) is 5.26 Å². The molecule has 33 heavy (non-hydrogen) atoms. The van der Waals surface area contributed by atoms with Crippen LogP contribution in [0, 0.1) is 23.2 Å². The Hall–Kier alpha value is -2.47. The lowest BCUT2D eigenvalue weighted by Gasteiger charge is -2.30. The molecule has 1 saturated carbocycles. The standard InChI is InChI=1S/C25H30N4O3S/c26-13-19-5-8-25-23(12-19)24-16-29(15-20(24)17-32-25)11-9-18-3-6-21(7-4-18)28-33(30,31)22-2-1-10-27-14-22/h1-2,5,8,10,12,14,18,20-21,24,28H,3-4,6-7,9,11,15-17H2/t18?,20-,21?,24+/m0/s1. The predicted octanol–water partition coefficient (Wildman–Crippen LogP) is 3.29. The number of nitrogens with one attached hydrogen (secondary N) is 1. The molecule has 1 aliphatic carbocycles. The predicted molar refractivity (Wildman–Crippen MR) is 124 cm³/mol. The van der Waals surface area contributed by atoms with E-state index >= 15 is 0 Å². The summed E-state index contributed by atoms with van der Waals surface area (Å²) in [6.07, 6.45) is 7.99. The van der Waals surface area contributed by atoms with E-state index in [0.29, 0.717) is 23.3 Å². The van der Waals surface area contributed by atoms with Gasteiger partial charge in [0.1, 0.15) is 10.6 Å². The van der Waals surface area contributed by atoms with E-state index < -0.39 is 10.0 Å². The van der Waals surface area contributed by atoms with Crippen molar-refractivity contribution in [2.24, 2.45) is 11.8 Å². The van der Waals surface area contributed by atoms with Crippen LogP contribution in [0.3, 0.4) is 0 Å². The van der Waals surface area contributed by atoms with Gasteiger partial charge in [-0.2, -0.15) is 5.26 Å². The van der Waals surface area contributed by atoms with Crippen molar-refractivity contribution in [3.8, 4) is 11.8 Å². The van der Waals surface area contributed by atoms with E-state index in [1.165, 1.54) is 11.8 Å². The Labute approximate surface area is 195 Å². The van der Waals surface area contributed by atoms with Crippen LogP contribution in [-0.4, -0.2) is 50.6 Å². The number of aromatic nitrogens is 1. The van der Waals surface area contributed by atoms with Gasteiger partial charge in [0.15, 0.2) is 0 Å². The van der Waals surface area contributed by atoms with Crippen molar-refractivity contribution in [2.75, 3.05) is 26.2 Å². The minimum Gasteiger partial charge on any atom is -0.493 e. The minimum absolute atomic E-state index is 0.00379. The van der Waals surface area contributed by atoms with Crippen molar-refractivity contribution >= 4 is 10.0 Å². The Morgan fingerprint density at radius 2 is 2.03 bits per heavy atom. The van der Waals surface area contributed by atoms with Crippen molar-refractivity contribution in [3.05, 3.63) is 53.9 Å². The van der Waals surface area contributed by atoms with Gasteiger partial charge in [0.25, 0.3) is 0 Å². The SMILES string of the molecule is N#Cc1ccc2c(c1)[C@@H]1CN(CCC3CCC(NS(=O)(=O)c4cccnc4)CC3)C[C@H]1CO2. The number of rotatable bonds is 6. The molecule has 174 valence electrons. The Balaban J connectivity index is 1.10. The van der Waals surface area contributed by atoms with E-state index in [-0.39, 0.29) is 10.9 Å². The molecule has 1 N–H and O–H groups in total. The van der Waals surface area contributed by atoms with Gasteiger partial charge in [-0.05, 0) is 74.9 Å².